The van der Waals surface area contributed by atoms with Crippen LogP contribution in [0.4, 0.5) is 5.69 Å². The monoisotopic (exact) mass is 366 g/mol. The van der Waals surface area contributed by atoms with Crippen LogP contribution in [0.15, 0.2) is 18.2 Å². The van der Waals surface area contributed by atoms with Crippen LogP contribution in [0.2, 0.25) is 0 Å². The molecule has 25 heavy (non-hydrogen) atoms. The van der Waals surface area contributed by atoms with Gasteiger partial charge < -0.3 is 4.90 Å². The van der Waals surface area contributed by atoms with Gasteiger partial charge in [0, 0.05) is 13.1 Å². The zero-order valence-corrected chi connectivity index (χ0v) is 16.8. The zero-order valence-electron chi connectivity index (χ0n) is 15.9. The SMILES string of the molecule is Cc1ccc(C)c(N(C(C)C(=O)N(C)C2CCCCC2)S(C)(=O)=O)c1. The Hall–Kier alpha value is -1.56. The van der Waals surface area contributed by atoms with E-state index in [0.717, 1.165) is 36.8 Å². The molecular formula is C19H30N2O3S. The molecule has 1 unspecified atom stereocenters. The molecule has 0 aliphatic heterocycles. The number of nitrogens with zero attached hydrogens (tertiary/aromatic N) is 2. The zero-order chi connectivity index (χ0) is 18.8. The van der Waals surface area contributed by atoms with Gasteiger partial charge in [-0.25, -0.2) is 8.42 Å². The number of sulfonamides is 1. The van der Waals surface area contributed by atoms with Crippen molar-refractivity contribution in [2.24, 2.45) is 0 Å². The van der Waals surface area contributed by atoms with Gasteiger partial charge in [-0.15, -0.1) is 0 Å². The number of rotatable bonds is 5. The number of likely N-dealkylation sites (N-methyl/N-ethyl adjacent to an activating group) is 1. The molecule has 1 aromatic carbocycles. The molecular weight excluding hydrogens is 336 g/mol. The lowest BCUT2D eigenvalue weighted by atomic mass is 9.94. The van der Waals surface area contributed by atoms with Gasteiger partial charge in [0.2, 0.25) is 15.9 Å². The summed E-state index contributed by atoms with van der Waals surface area (Å²) in [5.41, 5.74) is 2.39. The third-order valence-corrected chi connectivity index (χ3v) is 6.37. The fourth-order valence-corrected chi connectivity index (χ4v) is 4.89. The summed E-state index contributed by atoms with van der Waals surface area (Å²) in [6.07, 6.45) is 6.63. The first kappa shape index (κ1) is 19.8. The van der Waals surface area contributed by atoms with Crippen LogP contribution in [0.3, 0.4) is 0 Å². The fourth-order valence-electron chi connectivity index (χ4n) is 3.67. The quantitative estimate of drug-likeness (QED) is 0.804. The lowest BCUT2D eigenvalue weighted by molar-refractivity contribution is -0.133. The lowest BCUT2D eigenvalue weighted by Crippen LogP contribution is -2.51. The summed E-state index contributed by atoms with van der Waals surface area (Å²) >= 11 is 0. The second-order valence-electron chi connectivity index (χ2n) is 7.27. The van der Waals surface area contributed by atoms with Crippen LogP contribution in [0, 0.1) is 13.8 Å². The van der Waals surface area contributed by atoms with E-state index in [1.165, 1.54) is 17.0 Å². The molecule has 140 valence electrons. The van der Waals surface area contributed by atoms with Gasteiger partial charge in [0.05, 0.1) is 11.9 Å². The summed E-state index contributed by atoms with van der Waals surface area (Å²) < 4.78 is 26.3. The van der Waals surface area contributed by atoms with Gasteiger partial charge in [0.1, 0.15) is 6.04 Å². The molecule has 1 atom stereocenters. The number of hydrogen-bond donors (Lipinski definition) is 0. The molecule has 6 heteroatoms. The minimum Gasteiger partial charge on any atom is -0.341 e. The lowest BCUT2D eigenvalue weighted by Gasteiger charge is -2.36. The van der Waals surface area contributed by atoms with E-state index in [0.29, 0.717) is 5.69 Å². The third-order valence-electron chi connectivity index (χ3n) is 5.14. The predicted molar refractivity (Wildman–Crippen MR) is 102 cm³/mol. The molecule has 0 bridgehead atoms. The maximum Gasteiger partial charge on any atom is 0.246 e. The van der Waals surface area contributed by atoms with Crippen LogP contribution in [-0.2, 0) is 14.8 Å². The number of anilines is 1. The molecule has 0 spiro atoms. The number of benzene rings is 1. The van der Waals surface area contributed by atoms with Gasteiger partial charge in [0.25, 0.3) is 0 Å². The van der Waals surface area contributed by atoms with E-state index in [4.69, 9.17) is 0 Å². The first-order chi connectivity index (χ1) is 11.6. The van der Waals surface area contributed by atoms with Crippen molar-refractivity contribution in [3.8, 4) is 0 Å². The standard InChI is InChI=1S/C19H30N2O3S/c1-14-11-12-15(2)18(13-14)21(25(5,23)24)16(3)19(22)20(4)17-9-7-6-8-10-17/h11-13,16-17H,6-10H2,1-5H3. The molecule has 1 amide bonds. The summed E-state index contributed by atoms with van der Waals surface area (Å²) in [6.45, 7) is 5.48. The second-order valence-corrected chi connectivity index (χ2v) is 9.13. The van der Waals surface area contributed by atoms with Gasteiger partial charge >= 0.3 is 0 Å². The van der Waals surface area contributed by atoms with E-state index < -0.39 is 16.1 Å². The number of carbonyl (C=O) groups is 1. The first-order valence-corrected chi connectivity index (χ1v) is 10.8. The number of aryl methyl sites for hydroxylation is 2. The Balaban J connectivity index is 2.34. The van der Waals surface area contributed by atoms with Gasteiger partial charge in [0.15, 0.2) is 0 Å². The van der Waals surface area contributed by atoms with E-state index in [1.807, 2.05) is 32.0 Å². The number of carbonyl (C=O) groups excluding carboxylic acids is 1. The topological polar surface area (TPSA) is 57.7 Å². The Morgan fingerprint density at radius 3 is 2.32 bits per heavy atom. The average molecular weight is 367 g/mol. The maximum absolute atomic E-state index is 13.0. The molecule has 0 radical (unpaired) electrons. The van der Waals surface area contributed by atoms with Crippen molar-refractivity contribution in [3.63, 3.8) is 0 Å². The summed E-state index contributed by atoms with van der Waals surface area (Å²) in [4.78, 5) is 14.8. The maximum atomic E-state index is 13.0. The van der Waals surface area contributed by atoms with Crippen molar-refractivity contribution in [2.45, 2.75) is 65.0 Å². The van der Waals surface area contributed by atoms with E-state index in [2.05, 4.69) is 0 Å². The van der Waals surface area contributed by atoms with Crippen molar-refractivity contribution in [1.29, 1.82) is 0 Å². The van der Waals surface area contributed by atoms with Crippen molar-refractivity contribution in [2.75, 3.05) is 17.6 Å². The molecule has 1 saturated carbocycles. The molecule has 0 N–H and O–H groups in total. The van der Waals surface area contributed by atoms with E-state index in [9.17, 15) is 13.2 Å². The molecule has 2 rings (SSSR count). The molecule has 0 saturated heterocycles. The number of amides is 1. The molecule has 0 aromatic heterocycles. The Kier molecular flexibility index (Phi) is 6.14. The van der Waals surface area contributed by atoms with Crippen LogP contribution in [0.5, 0.6) is 0 Å². The molecule has 1 aliphatic carbocycles. The highest BCUT2D eigenvalue weighted by molar-refractivity contribution is 7.92. The summed E-state index contributed by atoms with van der Waals surface area (Å²) in [7, 11) is -1.78. The second kappa shape index (κ2) is 7.77. The first-order valence-electron chi connectivity index (χ1n) is 8.96. The van der Waals surface area contributed by atoms with Crippen molar-refractivity contribution in [1.82, 2.24) is 4.90 Å². The van der Waals surface area contributed by atoms with Crippen LogP contribution in [0.1, 0.15) is 50.2 Å². The van der Waals surface area contributed by atoms with Crippen LogP contribution >= 0.6 is 0 Å². The fraction of sp³-hybridized carbons (Fsp3) is 0.632. The Morgan fingerprint density at radius 1 is 1.16 bits per heavy atom. The molecule has 1 aromatic rings. The third kappa shape index (κ3) is 4.54. The average Bonchev–Trinajstić information content (AvgIpc) is 2.56. The van der Waals surface area contributed by atoms with Gasteiger partial charge in [-0.3, -0.25) is 9.10 Å². The Labute approximate surface area is 152 Å². The highest BCUT2D eigenvalue weighted by atomic mass is 32.2. The highest BCUT2D eigenvalue weighted by Crippen LogP contribution is 2.28. The van der Waals surface area contributed by atoms with Gasteiger partial charge in [-0.2, -0.15) is 0 Å². The Bertz CT molecular complexity index is 724. The van der Waals surface area contributed by atoms with Gasteiger partial charge in [-0.1, -0.05) is 31.4 Å². The highest BCUT2D eigenvalue weighted by Gasteiger charge is 2.34. The predicted octanol–water partition coefficient (Wildman–Crippen LogP) is 3.25. The van der Waals surface area contributed by atoms with E-state index in [1.54, 1.807) is 18.9 Å². The number of hydrogen-bond acceptors (Lipinski definition) is 3. The smallest absolute Gasteiger partial charge is 0.246 e. The van der Waals surface area contributed by atoms with Crippen molar-refractivity contribution in [3.05, 3.63) is 29.3 Å². The summed E-state index contributed by atoms with van der Waals surface area (Å²) in [6, 6.07) is 5.12. The van der Waals surface area contributed by atoms with Crippen molar-refractivity contribution >= 4 is 21.6 Å². The summed E-state index contributed by atoms with van der Waals surface area (Å²) in [5, 5.41) is 0. The molecule has 0 heterocycles. The normalized spacial score (nSPS) is 17.2. The minimum absolute atomic E-state index is 0.141. The van der Waals surface area contributed by atoms with Crippen molar-refractivity contribution < 1.29 is 13.2 Å². The van der Waals surface area contributed by atoms with E-state index in [-0.39, 0.29) is 11.9 Å². The van der Waals surface area contributed by atoms with Crippen LogP contribution in [-0.4, -0.2) is 44.6 Å². The Morgan fingerprint density at radius 2 is 1.76 bits per heavy atom. The molecule has 1 fully saturated rings. The van der Waals surface area contributed by atoms with Crippen LogP contribution < -0.4 is 4.31 Å². The molecule has 1 aliphatic rings. The largest absolute Gasteiger partial charge is 0.341 e. The van der Waals surface area contributed by atoms with Gasteiger partial charge in [-0.05, 0) is 50.8 Å². The summed E-state index contributed by atoms with van der Waals surface area (Å²) in [5.74, 6) is -0.141. The molecule has 5 nitrogen and oxygen atoms in total. The van der Waals surface area contributed by atoms with E-state index >= 15 is 0 Å². The van der Waals surface area contributed by atoms with Crippen LogP contribution in [0.25, 0.3) is 0 Å². The minimum atomic E-state index is -3.58.